The van der Waals surface area contributed by atoms with E-state index in [0.717, 1.165) is 43.2 Å². The summed E-state index contributed by atoms with van der Waals surface area (Å²) in [5.74, 6) is 2.14. The summed E-state index contributed by atoms with van der Waals surface area (Å²) in [5.41, 5.74) is 0.765. The number of piperidine rings is 1. The minimum absolute atomic E-state index is 0.472. The number of nitrogens with zero attached hydrogens (tertiary/aromatic N) is 1. The molecule has 1 saturated heterocycles. The third-order valence-corrected chi connectivity index (χ3v) is 4.61. The Hall–Kier alpha value is -1.30. The molecule has 5 heteroatoms. The standard InChI is InChI=1S/C19H32N2O3/c1-14(2)13-21-9-7-15(8-10-21)20-12-18(22)17-11-16(23-3)5-6-19(17)24-4/h5-6,11,14-15,18,20,22H,7-10,12-13H2,1-4H3. The molecule has 1 unspecified atom stereocenters. The molecule has 1 heterocycles. The molecular formula is C19H32N2O3. The molecule has 0 aliphatic carbocycles. The second-order valence-corrected chi connectivity index (χ2v) is 7.00. The minimum atomic E-state index is -0.608. The highest BCUT2D eigenvalue weighted by Crippen LogP contribution is 2.29. The SMILES string of the molecule is COc1ccc(OC)c(C(O)CNC2CCN(CC(C)C)CC2)c1. The quantitative estimate of drug-likeness (QED) is 0.764. The molecule has 0 radical (unpaired) electrons. The van der Waals surface area contributed by atoms with Crippen LogP contribution in [0.2, 0.25) is 0 Å². The van der Waals surface area contributed by atoms with Crippen LogP contribution in [-0.2, 0) is 0 Å². The highest BCUT2D eigenvalue weighted by Gasteiger charge is 2.21. The van der Waals surface area contributed by atoms with Gasteiger partial charge < -0.3 is 24.8 Å². The second kappa shape index (κ2) is 9.25. The van der Waals surface area contributed by atoms with E-state index in [1.54, 1.807) is 14.2 Å². The van der Waals surface area contributed by atoms with Crippen molar-refractivity contribution in [3.63, 3.8) is 0 Å². The molecule has 0 aromatic heterocycles. The summed E-state index contributed by atoms with van der Waals surface area (Å²) in [7, 11) is 3.25. The number of hydrogen-bond acceptors (Lipinski definition) is 5. The lowest BCUT2D eigenvalue weighted by Crippen LogP contribution is -2.44. The molecule has 1 aliphatic rings. The molecule has 1 aromatic rings. The maximum absolute atomic E-state index is 10.5. The Kier molecular flexibility index (Phi) is 7.34. The third kappa shape index (κ3) is 5.36. The van der Waals surface area contributed by atoms with Gasteiger partial charge in [-0.15, -0.1) is 0 Å². The van der Waals surface area contributed by atoms with Gasteiger partial charge in [-0.25, -0.2) is 0 Å². The topological polar surface area (TPSA) is 54.0 Å². The Morgan fingerprint density at radius 1 is 1.21 bits per heavy atom. The zero-order valence-corrected chi connectivity index (χ0v) is 15.4. The summed E-state index contributed by atoms with van der Waals surface area (Å²) in [4.78, 5) is 2.53. The van der Waals surface area contributed by atoms with Crippen LogP contribution in [0.3, 0.4) is 0 Å². The zero-order chi connectivity index (χ0) is 17.5. The van der Waals surface area contributed by atoms with Gasteiger partial charge in [0.05, 0.1) is 20.3 Å². The van der Waals surface area contributed by atoms with Gasteiger partial charge in [0.2, 0.25) is 0 Å². The van der Waals surface area contributed by atoms with Crippen LogP contribution in [0.15, 0.2) is 18.2 Å². The van der Waals surface area contributed by atoms with Gasteiger partial charge in [-0.1, -0.05) is 13.8 Å². The average Bonchev–Trinajstić information content (AvgIpc) is 2.59. The molecule has 1 atom stereocenters. The van der Waals surface area contributed by atoms with Crippen molar-refractivity contribution >= 4 is 0 Å². The number of benzene rings is 1. The Morgan fingerprint density at radius 2 is 1.92 bits per heavy atom. The van der Waals surface area contributed by atoms with Crippen LogP contribution in [0.5, 0.6) is 11.5 Å². The first-order valence-corrected chi connectivity index (χ1v) is 8.89. The average molecular weight is 336 g/mol. The summed E-state index contributed by atoms with van der Waals surface area (Å²) in [6.07, 6.45) is 1.66. The van der Waals surface area contributed by atoms with Gasteiger partial charge in [0, 0.05) is 24.7 Å². The zero-order valence-electron chi connectivity index (χ0n) is 15.4. The lowest BCUT2D eigenvalue weighted by atomic mass is 10.0. The number of ether oxygens (including phenoxy) is 2. The summed E-state index contributed by atoms with van der Waals surface area (Å²) in [6, 6.07) is 5.99. The van der Waals surface area contributed by atoms with Crippen molar-refractivity contribution in [2.75, 3.05) is 40.4 Å². The number of nitrogens with one attached hydrogen (secondary N) is 1. The van der Waals surface area contributed by atoms with Crippen LogP contribution < -0.4 is 14.8 Å². The van der Waals surface area contributed by atoms with Crippen molar-refractivity contribution in [1.29, 1.82) is 0 Å². The number of aliphatic hydroxyl groups excluding tert-OH is 1. The number of likely N-dealkylation sites (tertiary alicyclic amines) is 1. The fourth-order valence-corrected chi connectivity index (χ4v) is 3.32. The molecule has 0 spiro atoms. The van der Waals surface area contributed by atoms with Crippen LogP contribution in [0.25, 0.3) is 0 Å². The van der Waals surface area contributed by atoms with Crippen molar-refractivity contribution in [2.45, 2.75) is 38.8 Å². The number of methoxy groups -OCH3 is 2. The van der Waals surface area contributed by atoms with E-state index in [-0.39, 0.29) is 0 Å². The summed E-state index contributed by atoms with van der Waals surface area (Å²) in [6.45, 7) is 8.50. The first-order valence-electron chi connectivity index (χ1n) is 8.89. The molecule has 1 aliphatic heterocycles. The monoisotopic (exact) mass is 336 g/mol. The van der Waals surface area contributed by atoms with Gasteiger partial charge in [0.1, 0.15) is 11.5 Å². The maximum atomic E-state index is 10.5. The number of aliphatic hydroxyl groups is 1. The molecule has 136 valence electrons. The summed E-state index contributed by atoms with van der Waals surface area (Å²) in [5, 5.41) is 14.1. The highest BCUT2D eigenvalue weighted by atomic mass is 16.5. The summed E-state index contributed by atoms with van der Waals surface area (Å²) >= 11 is 0. The van der Waals surface area contributed by atoms with Gasteiger partial charge in [0.25, 0.3) is 0 Å². The Balaban J connectivity index is 1.84. The van der Waals surface area contributed by atoms with Gasteiger partial charge >= 0.3 is 0 Å². The largest absolute Gasteiger partial charge is 0.497 e. The predicted octanol–water partition coefficient (Wildman–Crippen LogP) is 2.45. The first-order chi connectivity index (χ1) is 11.5. The third-order valence-electron chi connectivity index (χ3n) is 4.61. The van der Waals surface area contributed by atoms with Crippen molar-refractivity contribution in [3.05, 3.63) is 23.8 Å². The Bertz CT molecular complexity index is 499. The molecule has 1 fully saturated rings. The van der Waals surface area contributed by atoms with E-state index in [0.29, 0.717) is 18.3 Å². The van der Waals surface area contributed by atoms with E-state index in [1.807, 2.05) is 18.2 Å². The number of hydrogen-bond donors (Lipinski definition) is 2. The lowest BCUT2D eigenvalue weighted by molar-refractivity contribution is 0.144. The molecule has 0 saturated carbocycles. The van der Waals surface area contributed by atoms with Gasteiger partial charge in [-0.3, -0.25) is 0 Å². The molecular weight excluding hydrogens is 304 g/mol. The van der Waals surface area contributed by atoms with E-state index in [2.05, 4.69) is 24.1 Å². The molecule has 2 rings (SSSR count). The minimum Gasteiger partial charge on any atom is -0.497 e. The number of rotatable bonds is 8. The smallest absolute Gasteiger partial charge is 0.124 e. The van der Waals surface area contributed by atoms with Crippen LogP contribution in [-0.4, -0.2) is 56.4 Å². The van der Waals surface area contributed by atoms with Crippen LogP contribution in [0.1, 0.15) is 38.4 Å². The fraction of sp³-hybridized carbons (Fsp3) is 0.684. The van der Waals surface area contributed by atoms with Gasteiger partial charge in [-0.2, -0.15) is 0 Å². The Labute approximate surface area is 146 Å². The molecule has 0 bridgehead atoms. The van der Waals surface area contributed by atoms with Crippen molar-refractivity contribution in [3.8, 4) is 11.5 Å². The highest BCUT2D eigenvalue weighted by molar-refractivity contribution is 5.41. The molecule has 2 N–H and O–H groups in total. The normalized spacial score (nSPS) is 17.9. The predicted molar refractivity (Wildman–Crippen MR) is 96.8 cm³/mol. The molecule has 0 amide bonds. The van der Waals surface area contributed by atoms with E-state index >= 15 is 0 Å². The van der Waals surface area contributed by atoms with Crippen LogP contribution in [0.4, 0.5) is 0 Å². The summed E-state index contributed by atoms with van der Waals surface area (Å²) < 4.78 is 10.6. The van der Waals surface area contributed by atoms with Crippen LogP contribution in [0, 0.1) is 5.92 Å². The fourth-order valence-electron chi connectivity index (χ4n) is 3.32. The van der Waals surface area contributed by atoms with E-state index in [4.69, 9.17) is 9.47 Å². The molecule has 5 nitrogen and oxygen atoms in total. The van der Waals surface area contributed by atoms with E-state index in [1.165, 1.54) is 6.54 Å². The van der Waals surface area contributed by atoms with E-state index < -0.39 is 6.10 Å². The van der Waals surface area contributed by atoms with Gasteiger partial charge in [-0.05, 0) is 50.0 Å². The lowest BCUT2D eigenvalue weighted by Gasteiger charge is -2.33. The maximum Gasteiger partial charge on any atom is 0.124 e. The van der Waals surface area contributed by atoms with Crippen molar-refractivity contribution in [1.82, 2.24) is 10.2 Å². The Morgan fingerprint density at radius 3 is 2.50 bits per heavy atom. The van der Waals surface area contributed by atoms with Crippen molar-refractivity contribution < 1.29 is 14.6 Å². The van der Waals surface area contributed by atoms with E-state index in [9.17, 15) is 5.11 Å². The second-order valence-electron chi connectivity index (χ2n) is 7.00. The van der Waals surface area contributed by atoms with Gasteiger partial charge in [0.15, 0.2) is 0 Å². The first kappa shape index (κ1) is 19.0. The molecule has 24 heavy (non-hydrogen) atoms. The molecule has 1 aromatic carbocycles. The van der Waals surface area contributed by atoms with Crippen molar-refractivity contribution in [2.24, 2.45) is 5.92 Å². The van der Waals surface area contributed by atoms with Crippen LogP contribution >= 0.6 is 0 Å².